The molecular weight excluding hydrogens is 612 g/mol. The van der Waals surface area contributed by atoms with Gasteiger partial charge in [0.25, 0.3) is 0 Å². The molecule has 0 saturated carbocycles. The second-order valence-electron chi connectivity index (χ2n) is 11.5. The van der Waals surface area contributed by atoms with Crippen LogP contribution in [0, 0.1) is 5.82 Å². The Labute approximate surface area is 262 Å². The van der Waals surface area contributed by atoms with E-state index in [9.17, 15) is 31.9 Å². The van der Waals surface area contributed by atoms with E-state index in [0.717, 1.165) is 25.5 Å². The summed E-state index contributed by atoms with van der Waals surface area (Å²) in [5.74, 6) is -2.41. The number of halogens is 4. The third kappa shape index (κ3) is 11.1. The number of piperazine rings is 1. The molecular formula is C31H36F4N6O5. The van der Waals surface area contributed by atoms with Crippen molar-refractivity contribution in [2.24, 2.45) is 0 Å². The molecule has 0 radical (unpaired) electrons. The molecule has 248 valence electrons. The molecule has 11 nitrogen and oxygen atoms in total. The maximum atomic E-state index is 13.5. The van der Waals surface area contributed by atoms with Crippen LogP contribution < -0.4 is 10.6 Å². The third-order valence-corrected chi connectivity index (χ3v) is 6.86. The Morgan fingerprint density at radius 3 is 2.07 bits per heavy atom. The van der Waals surface area contributed by atoms with E-state index in [4.69, 9.17) is 10.2 Å². The van der Waals surface area contributed by atoms with Crippen molar-refractivity contribution < 1.29 is 37.4 Å². The summed E-state index contributed by atoms with van der Waals surface area (Å²) in [6.45, 7) is 9.30. The normalized spacial score (nSPS) is 14.2. The van der Waals surface area contributed by atoms with Crippen LogP contribution in [0.5, 0.6) is 0 Å². The summed E-state index contributed by atoms with van der Waals surface area (Å²) in [6.07, 6.45) is -0.104. The van der Waals surface area contributed by atoms with Crippen LogP contribution in [0.15, 0.2) is 59.5 Å². The van der Waals surface area contributed by atoms with Gasteiger partial charge in [0.2, 0.25) is 0 Å². The summed E-state index contributed by atoms with van der Waals surface area (Å²) in [7, 11) is 0. The molecule has 2 aromatic heterocycles. The summed E-state index contributed by atoms with van der Waals surface area (Å²) in [5, 5.41) is 15.6. The number of aryl methyl sites for hydroxylation is 1. The Morgan fingerprint density at radius 1 is 0.891 bits per heavy atom. The highest BCUT2D eigenvalue weighted by Crippen LogP contribution is 2.32. The van der Waals surface area contributed by atoms with Gasteiger partial charge in [0.15, 0.2) is 0 Å². The molecule has 2 N–H and O–H groups in total. The summed E-state index contributed by atoms with van der Waals surface area (Å²) < 4.78 is 55.3. The number of aliphatic carboxylic acids is 2. The van der Waals surface area contributed by atoms with Crippen LogP contribution in [-0.4, -0.2) is 79.3 Å². The first-order valence-electron chi connectivity index (χ1n) is 14.4. The van der Waals surface area contributed by atoms with Gasteiger partial charge < -0.3 is 15.1 Å². The lowest BCUT2D eigenvalue weighted by molar-refractivity contribution is -0.141. The Kier molecular flexibility index (Phi) is 12.1. The SMILES string of the molecule is CC(C)(C)c1nc(N2CCN(CCCCn3ccc(-c4cccc(F)c4)nc3=O)CC2)cc(C(F)(F)F)n1.O=C(O)C=CC(=O)O. The quantitative estimate of drug-likeness (QED) is 0.194. The average Bonchev–Trinajstić information content (AvgIpc) is 2.98. The highest BCUT2D eigenvalue weighted by molar-refractivity contribution is 5.89. The number of hydrogen-bond donors (Lipinski definition) is 2. The standard InChI is InChI=1S/C27H32F4N6O.C4H4O4/c1-26(2,3)24-33-22(27(29,30)31)18-23(34-24)36-15-13-35(14-16-36)10-4-5-11-37-12-9-21(32-25(37)38)19-7-6-8-20(28)17-19;5-3(6)1-2-4(7)8/h6-9,12,17-18H,4-5,10-11,13-16H2,1-3H3;1-2H,(H,5,6)(H,7,8). The molecule has 3 heterocycles. The fourth-order valence-corrected chi connectivity index (χ4v) is 4.45. The van der Waals surface area contributed by atoms with Gasteiger partial charge in [0.05, 0.1) is 5.69 Å². The molecule has 3 aromatic rings. The minimum absolute atomic E-state index is 0.179. The molecule has 1 aromatic carbocycles. The summed E-state index contributed by atoms with van der Waals surface area (Å²) >= 11 is 0. The van der Waals surface area contributed by atoms with Crippen molar-refractivity contribution in [1.82, 2.24) is 24.4 Å². The zero-order chi connectivity index (χ0) is 34.1. The van der Waals surface area contributed by atoms with Crippen molar-refractivity contribution in [3.8, 4) is 11.3 Å². The van der Waals surface area contributed by atoms with Crippen LogP contribution in [0.2, 0.25) is 0 Å². The lowest BCUT2D eigenvalue weighted by Crippen LogP contribution is -2.47. The first kappa shape index (κ1) is 35.8. The molecule has 0 spiro atoms. The predicted molar refractivity (Wildman–Crippen MR) is 162 cm³/mol. The second kappa shape index (κ2) is 15.6. The van der Waals surface area contributed by atoms with Gasteiger partial charge in [0, 0.05) is 68.1 Å². The van der Waals surface area contributed by atoms with E-state index in [0.29, 0.717) is 62.0 Å². The van der Waals surface area contributed by atoms with Gasteiger partial charge in [-0.25, -0.2) is 28.7 Å². The van der Waals surface area contributed by atoms with Crippen LogP contribution in [0.3, 0.4) is 0 Å². The van der Waals surface area contributed by atoms with E-state index in [1.54, 1.807) is 49.7 Å². The van der Waals surface area contributed by atoms with E-state index >= 15 is 0 Å². The van der Waals surface area contributed by atoms with E-state index in [1.807, 2.05) is 4.90 Å². The highest BCUT2D eigenvalue weighted by atomic mass is 19.4. The predicted octanol–water partition coefficient (Wildman–Crippen LogP) is 4.47. The lowest BCUT2D eigenvalue weighted by Gasteiger charge is -2.36. The minimum Gasteiger partial charge on any atom is -0.478 e. The molecule has 1 saturated heterocycles. The van der Waals surface area contributed by atoms with Gasteiger partial charge in [-0.15, -0.1) is 0 Å². The average molecular weight is 649 g/mol. The van der Waals surface area contributed by atoms with Crippen LogP contribution in [-0.2, 0) is 27.7 Å². The molecule has 1 aliphatic heterocycles. The van der Waals surface area contributed by atoms with Gasteiger partial charge in [-0.1, -0.05) is 32.9 Å². The van der Waals surface area contributed by atoms with Crippen LogP contribution >= 0.6 is 0 Å². The monoisotopic (exact) mass is 648 g/mol. The molecule has 0 bridgehead atoms. The number of anilines is 1. The number of benzene rings is 1. The fourth-order valence-electron chi connectivity index (χ4n) is 4.45. The first-order chi connectivity index (χ1) is 21.5. The van der Waals surface area contributed by atoms with Crippen molar-refractivity contribution in [1.29, 1.82) is 0 Å². The van der Waals surface area contributed by atoms with Crippen LogP contribution in [0.25, 0.3) is 11.3 Å². The smallest absolute Gasteiger partial charge is 0.433 e. The largest absolute Gasteiger partial charge is 0.478 e. The van der Waals surface area contributed by atoms with Crippen molar-refractivity contribution in [3.63, 3.8) is 0 Å². The van der Waals surface area contributed by atoms with Crippen molar-refractivity contribution in [3.05, 3.63) is 82.6 Å². The molecule has 15 heteroatoms. The number of carboxylic acid groups (broad SMARTS) is 2. The lowest BCUT2D eigenvalue weighted by atomic mass is 9.95. The van der Waals surface area contributed by atoms with E-state index in [1.165, 1.54) is 12.1 Å². The number of hydrogen-bond acceptors (Lipinski definition) is 8. The molecule has 1 aliphatic rings. The Morgan fingerprint density at radius 2 is 1.52 bits per heavy atom. The maximum absolute atomic E-state index is 13.5. The van der Waals surface area contributed by atoms with E-state index in [-0.39, 0.29) is 17.3 Å². The zero-order valence-corrected chi connectivity index (χ0v) is 25.7. The second-order valence-corrected chi connectivity index (χ2v) is 11.5. The zero-order valence-electron chi connectivity index (χ0n) is 25.7. The van der Waals surface area contributed by atoms with E-state index in [2.05, 4.69) is 19.9 Å². The number of nitrogens with zero attached hydrogens (tertiary/aromatic N) is 6. The Hall–Kier alpha value is -4.66. The number of aromatic nitrogens is 4. The van der Waals surface area contributed by atoms with Gasteiger partial charge >= 0.3 is 23.8 Å². The molecule has 1 fully saturated rings. The molecule has 0 amide bonds. The molecule has 46 heavy (non-hydrogen) atoms. The molecule has 0 aliphatic carbocycles. The molecule has 4 rings (SSSR count). The number of carboxylic acids is 2. The topological polar surface area (TPSA) is 142 Å². The van der Waals surface area contributed by atoms with E-state index < -0.39 is 29.2 Å². The summed E-state index contributed by atoms with van der Waals surface area (Å²) in [5.41, 5.74) is -0.903. The van der Waals surface area contributed by atoms with Crippen LogP contribution in [0.4, 0.5) is 23.4 Å². The molecule has 0 unspecified atom stereocenters. The van der Waals surface area contributed by atoms with Gasteiger partial charge in [-0.3, -0.25) is 9.47 Å². The number of unbranched alkanes of at least 4 members (excludes halogenated alkanes) is 1. The van der Waals surface area contributed by atoms with Gasteiger partial charge in [-0.2, -0.15) is 18.2 Å². The molecule has 0 atom stereocenters. The minimum atomic E-state index is -4.53. The number of carbonyl (C=O) groups is 2. The third-order valence-electron chi connectivity index (χ3n) is 6.86. The summed E-state index contributed by atoms with van der Waals surface area (Å²) in [4.78, 5) is 48.0. The summed E-state index contributed by atoms with van der Waals surface area (Å²) in [6, 6.07) is 8.71. The first-order valence-corrected chi connectivity index (χ1v) is 14.4. The maximum Gasteiger partial charge on any atom is 0.433 e. The fraction of sp³-hybridized carbons (Fsp3) is 0.419. The van der Waals surface area contributed by atoms with Gasteiger partial charge in [0.1, 0.15) is 23.2 Å². The van der Waals surface area contributed by atoms with Crippen molar-refractivity contribution in [2.75, 3.05) is 37.6 Å². The number of rotatable bonds is 9. The van der Waals surface area contributed by atoms with Crippen molar-refractivity contribution >= 4 is 17.8 Å². The Balaban J connectivity index is 0.000000637. The number of alkyl halides is 3. The Bertz CT molecular complexity index is 1550. The van der Waals surface area contributed by atoms with Crippen LogP contribution in [0.1, 0.15) is 45.1 Å². The van der Waals surface area contributed by atoms with Crippen molar-refractivity contribution in [2.45, 2.75) is 51.7 Å². The van der Waals surface area contributed by atoms with Gasteiger partial charge in [-0.05, 0) is 37.6 Å². The highest BCUT2D eigenvalue weighted by Gasteiger charge is 2.36.